The molecule has 0 N–H and O–H groups in total. The number of nitrogens with zero attached hydrogens (tertiary/aromatic N) is 2. The average molecular weight is 356 g/mol. The number of urea groups is 1. The zero-order valence-electron chi connectivity index (χ0n) is 15.1. The van der Waals surface area contributed by atoms with Gasteiger partial charge in [-0.3, -0.25) is 19.3 Å². The van der Waals surface area contributed by atoms with Crippen LogP contribution in [0.5, 0.6) is 0 Å². The molecule has 1 fully saturated rings. The Balaban J connectivity index is 1.97. The summed E-state index contributed by atoms with van der Waals surface area (Å²) in [6.45, 7) is 5.12. The maximum Gasteiger partial charge on any atom is 0.334 e. The summed E-state index contributed by atoms with van der Waals surface area (Å²) in [7, 11) is 0. The quantitative estimate of drug-likeness (QED) is 0.212. The Hall–Kier alpha value is -2.76. The minimum atomic E-state index is -0.974. The zero-order valence-corrected chi connectivity index (χ0v) is 15.1. The van der Waals surface area contributed by atoms with Gasteiger partial charge in [-0.05, 0) is 18.4 Å². The lowest BCUT2D eigenvalue weighted by Gasteiger charge is -2.13. The van der Waals surface area contributed by atoms with Crippen LogP contribution >= 0.6 is 0 Å². The molecule has 0 radical (unpaired) electrons. The van der Waals surface area contributed by atoms with E-state index in [2.05, 4.69) is 13.5 Å². The molecule has 0 saturated carbocycles. The van der Waals surface area contributed by atoms with Crippen LogP contribution in [-0.2, 0) is 16.0 Å². The van der Waals surface area contributed by atoms with Crippen LogP contribution in [0.2, 0.25) is 0 Å². The highest BCUT2D eigenvalue weighted by Gasteiger charge is 2.44. The fourth-order valence-electron chi connectivity index (χ4n) is 2.83. The van der Waals surface area contributed by atoms with Gasteiger partial charge in [-0.2, -0.15) is 0 Å². The van der Waals surface area contributed by atoms with Gasteiger partial charge in [0.2, 0.25) is 0 Å². The maximum absolute atomic E-state index is 12.4. The van der Waals surface area contributed by atoms with Crippen LogP contribution in [0, 0.1) is 0 Å². The number of rotatable bonds is 10. The van der Waals surface area contributed by atoms with E-state index in [1.54, 1.807) is 12.1 Å². The smallest absolute Gasteiger partial charge is 0.292 e. The average Bonchev–Trinajstić information content (AvgIpc) is 2.84. The van der Waals surface area contributed by atoms with Crippen LogP contribution in [0.25, 0.3) is 0 Å². The maximum atomic E-state index is 12.4. The number of aryl methyl sites for hydroxylation is 1. The van der Waals surface area contributed by atoms with Gasteiger partial charge in [0.05, 0.1) is 6.54 Å². The first-order valence-electron chi connectivity index (χ1n) is 8.90. The third-order valence-corrected chi connectivity index (χ3v) is 4.34. The number of Topliss-reactive ketones (excluding diaryl/α,β-unsaturated/α-hetero) is 1. The van der Waals surface area contributed by atoms with Crippen molar-refractivity contribution in [2.45, 2.75) is 39.0 Å². The molecule has 1 aromatic rings. The number of hydrogen-bond donors (Lipinski definition) is 0. The van der Waals surface area contributed by atoms with E-state index in [1.807, 2.05) is 12.1 Å². The molecule has 0 aromatic heterocycles. The normalized spacial score (nSPS) is 14.3. The van der Waals surface area contributed by atoms with E-state index in [-0.39, 0.29) is 12.3 Å². The molecular formula is C20H24N2O4. The van der Waals surface area contributed by atoms with Gasteiger partial charge in [0.15, 0.2) is 5.78 Å². The number of carbonyl (C=O) groups excluding carboxylic acids is 4. The Bertz CT molecular complexity index is 709. The number of carbonyl (C=O) groups is 4. The second kappa shape index (κ2) is 9.08. The van der Waals surface area contributed by atoms with Gasteiger partial charge >= 0.3 is 17.8 Å². The molecule has 6 nitrogen and oxygen atoms in total. The third-order valence-electron chi connectivity index (χ3n) is 4.34. The fourth-order valence-corrected chi connectivity index (χ4v) is 2.83. The number of hydrogen-bond acceptors (Lipinski definition) is 4. The highest BCUT2D eigenvalue weighted by Crippen LogP contribution is 2.15. The van der Waals surface area contributed by atoms with E-state index in [0.717, 1.165) is 23.3 Å². The molecule has 6 heteroatoms. The summed E-state index contributed by atoms with van der Waals surface area (Å²) in [6, 6.07) is 6.41. The first-order valence-corrected chi connectivity index (χ1v) is 8.90. The van der Waals surface area contributed by atoms with Gasteiger partial charge in [0, 0.05) is 12.1 Å². The molecule has 138 valence electrons. The third kappa shape index (κ3) is 4.45. The molecule has 0 aliphatic carbocycles. The van der Waals surface area contributed by atoms with Crippen molar-refractivity contribution in [3.05, 3.63) is 48.0 Å². The topological polar surface area (TPSA) is 74.8 Å². The molecule has 2 rings (SSSR count). The lowest BCUT2D eigenvalue weighted by Crippen LogP contribution is -2.37. The fraction of sp³-hybridized carbons (Fsp3) is 0.400. The molecule has 1 aromatic carbocycles. The summed E-state index contributed by atoms with van der Waals surface area (Å²) in [4.78, 5) is 49.7. The molecular weight excluding hydrogens is 332 g/mol. The molecule has 1 aliphatic rings. The van der Waals surface area contributed by atoms with Gasteiger partial charge in [0.1, 0.15) is 0 Å². The molecule has 0 unspecified atom stereocenters. The number of benzene rings is 1. The van der Waals surface area contributed by atoms with Crippen LogP contribution in [0.15, 0.2) is 36.9 Å². The largest absolute Gasteiger partial charge is 0.334 e. The first kappa shape index (κ1) is 19.6. The van der Waals surface area contributed by atoms with Gasteiger partial charge in [-0.15, -0.1) is 6.58 Å². The van der Waals surface area contributed by atoms with Crippen molar-refractivity contribution in [1.29, 1.82) is 0 Å². The highest BCUT2D eigenvalue weighted by atomic mass is 16.2. The Morgan fingerprint density at radius 2 is 1.65 bits per heavy atom. The van der Waals surface area contributed by atoms with Crippen molar-refractivity contribution in [3.63, 3.8) is 0 Å². The predicted molar refractivity (Wildman–Crippen MR) is 97.6 cm³/mol. The van der Waals surface area contributed by atoms with Crippen LogP contribution in [0.1, 0.15) is 48.5 Å². The summed E-state index contributed by atoms with van der Waals surface area (Å²) < 4.78 is 0. The number of unbranched alkanes of at least 4 members (excludes halogenated alkanes) is 3. The van der Waals surface area contributed by atoms with Crippen LogP contribution < -0.4 is 0 Å². The lowest BCUT2D eigenvalue weighted by molar-refractivity contribution is -0.142. The van der Waals surface area contributed by atoms with Crippen molar-refractivity contribution in [2.75, 3.05) is 13.1 Å². The minimum Gasteiger partial charge on any atom is -0.292 e. The second-order valence-electron chi connectivity index (χ2n) is 6.31. The molecule has 1 aliphatic heterocycles. The molecule has 1 saturated heterocycles. The van der Waals surface area contributed by atoms with E-state index in [4.69, 9.17) is 0 Å². The predicted octanol–water partition coefficient (Wildman–Crippen LogP) is 2.97. The van der Waals surface area contributed by atoms with Gasteiger partial charge in [-0.1, -0.05) is 56.5 Å². The number of amides is 4. The van der Waals surface area contributed by atoms with Crippen molar-refractivity contribution in [1.82, 2.24) is 9.80 Å². The molecule has 0 bridgehead atoms. The first-order chi connectivity index (χ1) is 12.5. The summed E-state index contributed by atoms with van der Waals surface area (Å²) in [5, 5.41) is 0. The summed E-state index contributed by atoms with van der Waals surface area (Å²) >= 11 is 0. The number of ketones is 1. The minimum absolute atomic E-state index is 0.0547. The van der Waals surface area contributed by atoms with Crippen LogP contribution in [0.4, 0.5) is 4.79 Å². The molecule has 0 atom stereocenters. The van der Waals surface area contributed by atoms with E-state index in [9.17, 15) is 19.2 Å². The van der Waals surface area contributed by atoms with E-state index < -0.39 is 24.4 Å². The number of imide groups is 2. The monoisotopic (exact) mass is 356 g/mol. The van der Waals surface area contributed by atoms with E-state index >= 15 is 0 Å². The molecule has 4 amide bonds. The lowest BCUT2D eigenvalue weighted by atomic mass is 10.0. The molecule has 0 spiro atoms. The second-order valence-corrected chi connectivity index (χ2v) is 6.31. The van der Waals surface area contributed by atoms with Gasteiger partial charge < -0.3 is 0 Å². The van der Waals surface area contributed by atoms with Gasteiger partial charge in [-0.25, -0.2) is 9.69 Å². The van der Waals surface area contributed by atoms with Crippen LogP contribution in [0.3, 0.4) is 0 Å². The molecule has 26 heavy (non-hydrogen) atoms. The van der Waals surface area contributed by atoms with Crippen LogP contribution in [-0.4, -0.2) is 46.5 Å². The summed E-state index contributed by atoms with van der Waals surface area (Å²) in [5.41, 5.74) is 1.57. The Morgan fingerprint density at radius 1 is 1.00 bits per heavy atom. The van der Waals surface area contributed by atoms with Crippen molar-refractivity contribution < 1.29 is 19.2 Å². The van der Waals surface area contributed by atoms with Crippen molar-refractivity contribution in [2.24, 2.45) is 0 Å². The van der Waals surface area contributed by atoms with Crippen molar-refractivity contribution in [3.8, 4) is 0 Å². The Kier molecular flexibility index (Phi) is 6.83. The zero-order chi connectivity index (χ0) is 19.1. The summed E-state index contributed by atoms with van der Waals surface area (Å²) in [5.74, 6) is -2.28. The summed E-state index contributed by atoms with van der Waals surface area (Å²) in [6.07, 6.45) is 7.02. The standard InChI is InChI=1S/C20H24N2O4/c1-3-5-6-7-8-15-9-11-16(12-10-15)17(23)14-22-19(25)18(24)21(13-4-2)20(22)26/h4,9-12H,2-3,5-8,13-14H2,1H3. The molecule has 1 heterocycles. The van der Waals surface area contributed by atoms with Gasteiger partial charge in [0.25, 0.3) is 0 Å². The Morgan fingerprint density at radius 3 is 2.27 bits per heavy atom. The highest BCUT2D eigenvalue weighted by molar-refractivity contribution is 6.45. The Labute approximate surface area is 153 Å². The van der Waals surface area contributed by atoms with E-state index in [0.29, 0.717) is 10.5 Å². The van der Waals surface area contributed by atoms with Crippen molar-refractivity contribution >= 4 is 23.6 Å². The van der Waals surface area contributed by atoms with E-state index in [1.165, 1.54) is 25.3 Å². The SMILES string of the molecule is C=CCN1C(=O)C(=O)N(CC(=O)c2ccc(CCCCCC)cc2)C1=O.